The van der Waals surface area contributed by atoms with Gasteiger partial charge in [0, 0.05) is 5.88 Å². The van der Waals surface area contributed by atoms with Gasteiger partial charge >= 0.3 is 0 Å². The molecule has 0 aromatic heterocycles. The minimum absolute atomic E-state index is 0.755. The molecule has 2 heteroatoms. The van der Waals surface area contributed by atoms with Crippen molar-refractivity contribution in [2.45, 2.75) is 20.3 Å². The fourth-order valence-corrected chi connectivity index (χ4v) is 1.43. The maximum absolute atomic E-state index is 4.09. The van der Waals surface area contributed by atoms with E-state index in [1.165, 1.54) is 16.7 Å². The van der Waals surface area contributed by atoms with Crippen LogP contribution in [-0.4, -0.2) is 12.4 Å². The Morgan fingerprint density at radius 2 is 2.00 bits per heavy atom. The van der Waals surface area contributed by atoms with E-state index in [9.17, 15) is 0 Å². The molecule has 72 valence electrons. The van der Waals surface area contributed by atoms with Gasteiger partial charge in [-0.25, -0.2) is 0 Å². The fraction of sp³-hybridized carbons (Fsp3) is 0.455. The third-order valence-corrected chi connectivity index (χ3v) is 2.50. The Balaban J connectivity index is 2.53. The summed E-state index contributed by atoms with van der Waals surface area (Å²) >= 11 is 4.09. The molecular formula is C11H17NS. The average Bonchev–Trinajstić information content (AvgIpc) is 2.12. The molecule has 0 heterocycles. The standard InChI is InChI=1S/C11H17NS/c1-9-3-4-11(7-10(9)2)5-6-12-8-13/h3-4,7,12-13H,5-6,8H2,1-2H3. The predicted octanol–water partition coefficient (Wildman–Crippen LogP) is 2.32. The van der Waals surface area contributed by atoms with Crippen molar-refractivity contribution in [1.29, 1.82) is 0 Å². The van der Waals surface area contributed by atoms with Crippen LogP contribution in [0.4, 0.5) is 0 Å². The van der Waals surface area contributed by atoms with Gasteiger partial charge in [-0.3, -0.25) is 0 Å². The lowest BCUT2D eigenvalue weighted by Crippen LogP contribution is -2.14. The quantitative estimate of drug-likeness (QED) is 0.427. The number of hydrogen-bond donors (Lipinski definition) is 2. The molecule has 1 nitrogen and oxygen atoms in total. The number of aryl methyl sites for hydroxylation is 2. The molecule has 0 aliphatic carbocycles. The van der Waals surface area contributed by atoms with E-state index in [4.69, 9.17) is 0 Å². The first-order chi connectivity index (χ1) is 6.24. The van der Waals surface area contributed by atoms with Gasteiger partial charge in [-0.05, 0) is 43.5 Å². The molecule has 13 heavy (non-hydrogen) atoms. The number of thiol groups is 1. The zero-order valence-electron chi connectivity index (χ0n) is 8.30. The third kappa shape index (κ3) is 3.41. The summed E-state index contributed by atoms with van der Waals surface area (Å²) < 4.78 is 0. The monoisotopic (exact) mass is 195 g/mol. The van der Waals surface area contributed by atoms with Crippen LogP contribution in [0.15, 0.2) is 18.2 Å². The van der Waals surface area contributed by atoms with Crippen molar-refractivity contribution in [3.63, 3.8) is 0 Å². The minimum atomic E-state index is 0.755. The van der Waals surface area contributed by atoms with Crippen LogP contribution in [0.2, 0.25) is 0 Å². The van der Waals surface area contributed by atoms with E-state index < -0.39 is 0 Å². The smallest absolute Gasteiger partial charge is 0.0387 e. The molecule has 1 aromatic carbocycles. The summed E-state index contributed by atoms with van der Waals surface area (Å²) in [7, 11) is 0. The van der Waals surface area contributed by atoms with E-state index in [0.29, 0.717) is 0 Å². The lowest BCUT2D eigenvalue weighted by atomic mass is 10.0. The van der Waals surface area contributed by atoms with Crippen LogP contribution in [0, 0.1) is 13.8 Å². The number of rotatable bonds is 4. The van der Waals surface area contributed by atoms with Crippen molar-refractivity contribution >= 4 is 12.6 Å². The van der Waals surface area contributed by atoms with Crippen LogP contribution in [0.5, 0.6) is 0 Å². The van der Waals surface area contributed by atoms with Gasteiger partial charge in [-0.2, -0.15) is 12.6 Å². The Bertz CT molecular complexity index is 271. The first kappa shape index (κ1) is 10.6. The Hall–Kier alpha value is -0.470. The van der Waals surface area contributed by atoms with Crippen LogP contribution < -0.4 is 5.32 Å². The van der Waals surface area contributed by atoms with Gasteiger partial charge in [0.25, 0.3) is 0 Å². The molecule has 1 rings (SSSR count). The van der Waals surface area contributed by atoms with Gasteiger partial charge < -0.3 is 5.32 Å². The normalized spacial score (nSPS) is 10.4. The fourth-order valence-electron chi connectivity index (χ4n) is 1.27. The van der Waals surface area contributed by atoms with E-state index >= 15 is 0 Å². The van der Waals surface area contributed by atoms with Crippen molar-refractivity contribution in [3.05, 3.63) is 34.9 Å². The first-order valence-corrected chi connectivity index (χ1v) is 5.25. The predicted molar refractivity (Wildman–Crippen MR) is 61.5 cm³/mol. The van der Waals surface area contributed by atoms with Crippen molar-refractivity contribution in [3.8, 4) is 0 Å². The summed E-state index contributed by atoms with van der Waals surface area (Å²) in [6.07, 6.45) is 1.08. The van der Waals surface area contributed by atoms with Crippen molar-refractivity contribution < 1.29 is 0 Å². The molecule has 0 spiro atoms. The molecule has 0 saturated carbocycles. The van der Waals surface area contributed by atoms with Crippen molar-refractivity contribution in [2.24, 2.45) is 0 Å². The van der Waals surface area contributed by atoms with E-state index in [1.807, 2.05) is 0 Å². The van der Waals surface area contributed by atoms with Crippen molar-refractivity contribution in [2.75, 3.05) is 12.4 Å². The van der Waals surface area contributed by atoms with Crippen LogP contribution in [-0.2, 0) is 6.42 Å². The molecule has 0 atom stereocenters. The molecule has 0 fully saturated rings. The number of benzene rings is 1. The van der Waals surface area contributed by atoms with Gasteiger partial charge in [-0.15, -0.1) is 0 Å². The molecule has 0 bridgehead atoms. The van der Waals surface area contributed by atoms with Crippen LogP contribution >= 0.6 is 12.6 Å². The SMILES string of the molecule is Cc1ccc(CCNCS)cc1C. The molecule has 0 aliphatic heterocycles. The summed E-state index contributed by atoms with van der Waals surface area (Å²) in [6, 6.07) is 6.64. The Labute approximate surface area is 86.0 Å². The maximum atomic E-state index is 4.09. The summed E-state index contributed by atoms with van der Waals surface area (Å²) in [5, 5.41) is 3.20. The summed E-state index contributed by atoms with van der Waals surface area (Å²) in [5.41, 5.74) is 4.15. The zero-order valence-corrected chi connectivity index (χ0v) is 9.20. The highest BCUT2D eigenvalue weighted by Gasteiger charge is 1.95. The molecule has 0 unspecified atom stereocenters. The summed E-state index contributed by atoms with van der Waals surface area (Å²) in [5.74, 6) is 0.755. The largest absolute Gasteiger partial charge is 0.308 e. The lowest BCUT2D eigenvalue weighted by Gasteiger charge is -2.05. The minimum Gasteiger partial charge on any atom is -0.308 e. The molecule has 1 aromatic rings. The zero-order chi connectivity index (χ0) is 9.68. The lowest BCUT2D eigenvalue weighted by molar-refractivity contribution is 0.776. The van der Waals surface area contributed by atoms with E-state index in [0.717, 1.165) is 18.8 Å². The second kappa shape index (κ2) is 5.30. The highest BCUT2D eigenvalue weighted by atomic mass is 32.1. The number of nitrogens with one attached hydrogen (secondary N) is 1. The first-order valence-electron chi connectivity index (χ1n) is 4.61. The molecule has 0 aliphatic rings. The molecule has 0 radical (unpaired) electrons. The van der Waals surface area contributed by atoms with E-state index in [-0.39, 0.29) is 0 Å². The molecule has 0 saturated heterocycles. The molecule has 1 N–H and O–H groups in total. The van der Waals surface area contributed by atoms with Gasteiger partial charge in [-0.1, -0.05) is 18.2 Å². The number of hydrogen-bond acceptors (Lipinski definition) is 2. The highest BCUT2D eigenvalue weighted by molar-refractivity contribution is 7.80. The third-order valence-electron chi connectivity index (χ3n) is 2.27. The van der Waals surface area contributed by atoms with E-state index in [1.54, 1.807) is 0 Å². The van der Waals surface area contributed by atoms with Crippen LogP contribution in [0.25, 0.3) is 0 Å². The second-order valence-corrected chi connectivity index (χ2v) is 3.64. The van der Waals surface area contributed by atoms with Gasteiger partial charge in [0.15, 0.2) is 0 Å². The molecular weight excluding hydrogens is 178 g/mol. The second-order valence-electron chi connectivity index (χ2n) is 3.33. The topological polar surface area (TPSA) is 12.0 Å². The van der Waals surface area contributed by atoms with Crippen LogP contribution in [0.1, 0.15) is 16.7 Å². The summed E-state index contributed by atoms with van der Waals surface area (Å²) in [4.78, 5) is 0. The van der Waals surface area contributed by atoms with Gasteiger partial charge in [0.1, 0.15) is 0 Å². The van der Waals surface area contributed by atoms with Crippen molar-refractivity contribution in [1.82, 2.24) is 5.32 Å². The Kier molecular flexibility index (Phi) is 4.33. The van der Waals surface area contributed by atoms with Gasteiger partial charge in [0.2, 0.25) is 0 Å². The maximum Gasteiger partial charge on any atom is 0.0387 e. The average molecular weight is 195 g/mol. The van der Waals surface area contributed by atoms with Crippen LogP contribution in [0.3, 0.4) is 0 Å². The summed E-state index contributed by atoms with van der Waals surface area (Å²) in [6.45, 7) is 5.31. The van der Waals surface area contributed by atoms with E-state index in [2.05, 4.69) is 50.0 Å². The Morgan fingerprint density at radius 3 is 2.62 bits per heavy atom. The molecule has 0 amide bonds. The highest BCUT2D eigenvalue weighted by Crippen LogP contribution is 2.09. The van der Waals surface area contributed by atoms with Gasteiger partial charge in [0.05, 0.1) is 0 Å². The Morgan fingerprint density at radius 1 is 1.23 bits per heavy atom.